The molecular formula is C22H18ClFN4O. The third-order valence-electron chi connectivity index (χ3n) is 4.74. The quantitative estimate of drug-likeness (QED) is 0.615. The zero-order valence-electron chi connectivity index (χ0n) is 15.4. The Labute approximate surface area is 172 Å². The molecule has 1 amide bonds. The van der Waals surface area contributed by atoms with Crippen molar-refractivity contribution >= 4 is 29.5 Å². The number of nitrogens with one attached hydrogen (secondary N) is 2. The van der Waals surface area contributed by atoms with Gasteiger partial charge >= 0.3 is 0 Å². The van der Waals surface area contributed by atoms with Crippen LogP contribution < -0.4 is 5.32 Å². The van der Waals surface area contributed by atoms with Gasteiger partial charge in [-0.1, -0.05) is 35.9 Å². The number of aromatic amines is 1. The van der Waals surface area contributed by atoms with Crippen molar-refractivity contribution in [1.82, 2.24) is 10.2 Å². The van der Waals surface area contributed by atoms with E-state index in [1.807, 2.05) is 30.5 Å². The first kappa shape index (κ1) is 19.1. The second kappa shape index (κ2) is 8.41. The highest BCUT2D eigenvalue weighted by Crippen LogP contribution is 2.36. The molecular weight excluding hydrogens is 391 g/mol. The van der Waals surface area contributed by atoms with Crippen molar-refractivity contribution in [3.63, 3.8) is 0 Å². The predicted octanol–water partition coefficient (Wildman–Crippen LogP) is 5.12. The molecule has 4 rings (SSSR count). The van der Waals surface area contributed by atoms with Crippen LogP contribution in [0, 0.1) is 5.82 Å². The third-order valence-corrected chi connectivity index (χ3v) is 5.11. The SMILES string of the molecule is O=C(Cc1ccccc1Cl)Nc1n[nH]c(-c2ccc(F)cc2)c1C1C=CN=CC1. The Hall–Kier alpha value is -3.25. The zero-order valence-corrected chi connectivity index (χ0v) is 16.2. The third kappa shape index (κ3) is 4.27. The molecule has 5 nitrogen and oxygen atoms in total. The Kier molecular flexibility index (Phi) is 5.53. The van der Waals surface area contributed by atoms with Crippen LogP contribution in [0.25, 0.3) is 11.3 Å². The molecule has 0 aliphatic carbocycles. The van der Waals surface area contributed by atoms with Gasteiger partial charge in [0.25, 0.3) is 0 Å². The van der Waals surface area contributed by atoms with Crippen molar-refractivity contribution in [2.24, 2.45) is 4.99 Å². The van der Waals surface area contributed by atoms with E-state index in [0.717, 1.165) is 22.4 Å². The maximum Gasteiger partial charge on any atom is 0.230 e. The van der Waals surface area contributed by atoms with Crippen molar-refractivity contribution in [3.8, 4) is 11.3 Å². The van der Waals surface area contributed by atoms with E-state index >= 15 is 0 Å². The minimum absolute atomic E-state index is 0.0121. The van der Waals surface area contributed by atoms with E-state index in [-0.39, 0.29) is 24.1 Å². The van der Waals surface area contributed by atoms with Crippen LogP contribution in [0.1, 0.15) is 23.5 Å². The summed E-state index contributed by atoms with van der Waals surface area (Å²) in [4.78, 5) is 16.8. The molecule has 0 spiro atoms. The van der Waals surface area contributed by atoms with Crippen molar-refractivity contribution in [2.75, 3.05) is 5.32 Å². The Morgan fingerprint density at radius 1 is 1.21 bits per heavy atom. The molecule has 1 aromatic heterocycles. The number of H-pyrrole nitrogens is 1. The normalized spacial score (nSPS) is 15.4. The zero-order chi connectivity index (χ0) is 20.2. The van der Waals surface area contributed by atoms with Crippen LogP contribution in [0.2, 0.25) is 5.02 Å². The van der Waals surface area contributed by atoms with Gasteiger partial charge in [0, 0.05) is 34.5 Å². The van der Waals surface area contributed by atoms with Crippen molar-refractivity contribution in [1.29, 1.82) is 0 Å². The molecule has 0 radical (unpaired) electrons. The molecule has 1 atom stereocenters. The Bertz CT molecular complexity index is 1090. The first-order chi connectivity index (χ1) is 14.1. The van der Waals surface area contributed by atoms with Gasteiger partial charge in [-0.25, -0.2) is 4.39 Å². The lowest BCUT2D eigenvalue weighted by atomic mass is 9.92. The summed E-state index contributed by atoms with van der Waals surface area (Å²) in [6.07, 6.45) is 6.32. The van der Waals surface area contributed by atoms with E-state index in [9.17, 15) is 9.18 Å². The minimum Gasteiger partial charge on any atom is -0.309 e. The van der Waals surface area contributed by atoms with Gasteiger partial charge in [-0.05, 0) is 42.3 Å². The highest BCUT2D eigenvalue weighted by atomic mass is 35.5. The number of aliphatic imine (C=N–C) groups is 1. The van der Waals surface area contributed by atoms with Gasteiger partial charge in [-0.15, -0.1) is 0 Å². The summed E-state index contributed by atoms with van der Waals surface area (Å²) in [6.45, 7) is 0. The van der Waals surface area contributed by atoms with E-state index in [1.165, 1.54) is 12.1 Å². The number of aromatic nitrogens is 2. The summed E-state index contributed by atoms with van der Waals surface area (Å²) in [6, 6.07) is 13.4. The first-order valence-corrected chi connectivity index (χ1v) is 9.55. The van der Waals surface area contributed by atoms with Crippen molar-refractivity contribution in [2.45, 2.75) is 18.8 Å². The molecule has 1 aliphatic rings. The summed E-state index contributed by atoms with van der Waals surface area (Å²) in [5.41, 5.74) is 3.11. The summed E-state index contributed by atoms with van der Waals surface area (Å²) < 4.78 is 13.4. The molecule has 0 saturated carbocycles. The summed E-state index contributed by atoms with van der Waals surface area (Å²) >= 11 is 6.17. The number of hydrogen-bond acceptors (Lipinski definition) is 3. The number of halogens is 2. The van der Waals surface area contributed by atoms with Crippen LogP contribution in [0.4, 0.5) is 10.2 Å². The smallest absolute Gasteiger partial charge is 0.230 e. The number of amides is 1. The summed E-state index contributed by atoms with van der Waals surface area (Å²) in [5, 5.41) is 10.8. The Morgan fingerprint density at radius 3 is 2.72 bits per heavy atom. The predicted molar refractivity (Wildman–Crippen MR) is 113 cm³/mol. The second-order valence-electron chi connectivity index (χ2n) is 6.70. The molecule has 1 unspecified atom stereocenters. The van der Waals surface area contributed by atoms with Crippen LogP contribution in [0.5, 0.6) is 0 Å². The fourth-order valence-electron chi connectivity index (χ4n) is 3.32. The van der Waals surface area contributed by atoms with Crippen LogP contribution in [-0.4, -0.2) is 22.3 Å². The standard InChI is InChI=1S/C22H18ClFN4O/c23-18-4-2-1-3-16(18)13-19(29)26-22-20(14-9-11-25-12-10-14)21(27-28-22)15-5-7-17(24)8-6-15/h1-9,11-12,14H,10,13H2,(H2,26,27,28,29). The van der Waals surface area contributed by atoms with Gasteiger partial charge in [0.05, 0.1) is 12.1 Å². The number of allylic oxidation sites excluding steroid dienone is 1. The van der Waals surface area contributed by atoms with Crippen LogP contribution in [0.3, 0.4) is 0 Å². The number of hydrogen-bond donors (Lipinski definition) is 2. The average Bonchev–Trinajstić information content (AvgIpc) is 3.14. The van der Waals surface area contributed by atoms with Gasteiger partial charge < -0.3 is 5.32 Å². The lowest BCUT2D eigenvalue weighted by Crippen LogP contribution is -2.17. The second-order valence-corrected chi connectivity index (χ2v) is 7.11. The molecule has 29 heavy (non-hydrogen) atoms. The highest BCUT2D eigenvalue weighted by Gasteiger charge is 2.23. The monoisotopic (exact) mass is 408 g/mol. The number of carbonyl (C=O) groups is 1. The lowest BCUT2D eigenvalue weighted by molar-refractivity contribution is -0.115. The van der Waals surface area contributed by atoms with Gasteiger partial charge in [0.15, 0.2) is 5.82 Å². The van der Waals surface area contributed by atoms with Crippen LogP contribution in [-0.2, 0) is 11.2 Å². The Balaban J connectivity index is 1.65. The van der Waals surface area contributed by atoms with E-state index in [0.29, 0.717) is 17.3 Å². The molecule has 0 fully saturated rings. The highest BCUT2D eigenvalue weighted by molar-refractivity contribution is 6.31. The van der Waals surface area contributed by atoms with Crippen molar-refractivity contribution in [3.05, 3.63) is 82.8 Å². The maximum atomic E-state index is 13.4. The number of anilines is 1. The van der Waals surface area contributed by atoms with Crippen LogP contribution >= 0.6 is 11.6 Å². The molecule has 1 aliphatic heterocycles. The van der Waals surface area contributed by atoms with Gasteiger partial charge in [-0.2, -0.15) is 5.10 Å². The number of carbonyl (C=O) groups excluding carboxylic acids is 1. The molecule has 0 bridgehead atoms. The Morgan fingerprint density at radius 2 is 2.00 bits per heavy atom. The molecule has 3 aromatic rings. The largest absolute Gasteiger partial charge is 0.309 e. The van der Waals surface area contributed by atoms with Crippen molar-refractivity contribution < 1.29 is 9.18 Å². The topological polar surface area (TPSA) is 70.1 Å². The van der Waals surface area contributed by atoms with E-state index in [1.54, 1.807) is 24.4 Å². The van der Waals surface area contributed by atoms with E-state index in [2.05, 4.69) is 20.5 Å². The molecule has 2 heterocycles. The molecule has 0 saturated heterocycles. The fourth-order valence-corrected chi connectivity index (χ4v) is 3.52. The average molecular weight is 409 g/mol. The number of nitrogens with zero attached hydrogens (tertiary/aromatic N) is 2. The molecule has 7 heteroatoms. The first-order valence-electron chi connectivity index (χ1n) is 9.17. The molecule has 2 N–H and O–H groups in total. The number of rotatable bonds is 5. The molecule has 2 aromatic carbocycles. The van der Waals surface area contributed by atoms with E-state index in [4.69, 9.17) is 11.6 Å². The van der Waals surface area contributed by atoms with Gasteiger partial charge in [0.2, 0.25) is 5.91 Å². The number of benzene rings is 2. The summed E-state index contributed by atoms with van der Waals surface area (Å²) in [7, 11) is 0. The van der Waals surface area contributed by atoms with Gasteiger partial charge in [0.1, 0.15) is 5.82 Å². The minimum atomic E-state index is -0.312. The summed E-state index contributed by atoms with van der Waals surface area (Å²) in [5.74, 6) is -0.0917. The lowest BCUT2D eigenvalue weighted by Gasteiger charge is -2.16. The maximum absolute atomic E-state index is 13.4. The van der Waals surface area contributed by atoms with E-state index < -0.39 is 0 Å². The van der Waals surface area contributed by atoms with Gasteiger partial charge in [-0.3, -0.25) is 14.9 Å². The fraction of sp³-hybridized carbons (Fsp3) is 0.136. The van der Waals surface area contributed by atoms with Crippen LogP contribution in [0.15, 0.2) is 65.8 Å². The molecule has 146 valence electrons.